The SMILES string of the molecule is COC1C[C@@H]2CN(C(=O)c3ncccn3)C[C@@H]2C1. The van der Waals surface area contributed by atoms with Crippen LogP contribution in [0, 0.1) is 11.8 Å². The number of nitrogens with zero attached hydrogens (tertiary/aromatic N) is 3. The van der Waals surface area contributed by atoms with Gasteiger partial charge in [0.15, 0.2) is 0 Å². The number of carbonyl (C=O) groups excluding carboxylic acids is 1. The number of ether oxygens (including phenoxy) is 1. The van der Waals surface area contributed by atoms with Crippen molar-refractivity contribution >= 4 is 5.91 Å². The molecule has 0 spiro atoms. The van der Waals surface area contributed by atoms with Crippen LogP contribution >= 0.6 is 0 Å². The molecular formula is C13H17N3O2. The van der Waals surface area contributed by atoms with E-state index in [0.717, 1.165) is 25.9 Å². The zero-order chi connectivity index (χ0) is 12.5. The third kappa shape index (κ3) is 1.99. The van der Waals surface area contributed by atoms with Gasteiger partial charge in [-0.25, -0.2) is 9.97 Å². The Labute approximate surface area is 106 Å². The first-order valence-corrected chi connectivity index (χ1v) is 6.37. The second kappa shape index (κ2) is 4.65. The maximum absolute atomic E-state index is 12.2. The average Bonchev–Trinajstić information content (AvgIpc) is 2.96. The molecule has 1 aliphatic heterocycles. The van der Waals surface area contributed by atoms with E-state index in [4.69, 9.17) is 4.74 Å². The molecular weight excluding hydrogens is 230 g/mol. The standard InChI is InChI=1S/C13H17N3O2/c1-18-11-5-9-7-16(8-10(9)6-11)13(17)12-14-3-2-4-15-12/h2-4,9-11H,5-8H2,1H3/t9-,10+,11?. The van der Waals surface area contributed by atoms with Gasteiger partial charge in [-0.1, -0.05) is 0 Å². The number of likely N-dealkylation sites (tertiary alicyclic amines) is 1. The van der Waals surface area contributed by atoms with Gasteiger partial charge in [0.1, 0.15) is 0 Å². The first kappa shape index (κ1) is 11.6. The number of hydrogen-bond donors (Lipinski definition) is 0. The lowest BCUT2D eigenvalue weighted by Crippen LogP contribution is -2.31. The van der Waals surface area contributed by atoms with E-state index >= 15 is 0 Å². The van der Waals surface area contributed by atoms with Gasteiger partial charge in [0, 0.05) is 32.6 Å². The number of hydrogen-bond acceptors (Lipinski definition) is 4. The molecule has 1 aliphatic carbocycles. The Morgan fingerprint density at radius 2 is 1.89 bits per heavy atom. The molecule has 5 heteroatoms. The molecule has 2 heterocycles. The molecule has 1 unspecified atom stereocenters. The van der Waals surface area contributed by atoms with Gasteiger partial charge in [-0.2, -0.15) is 0 Å². The van der Waals surface area contributed by atoms with Crippen LogP contribution in [0.1, 0.15) is 23.5 Å². The number of amides is 1. The quantitative estimate of drug-likeness (QED) is 0.781. The fraction of sp³-hybridized carbons (Fsp3) is 0.615. The summed E-state index contributed by atoms with van der Waals surface area (Å²) < 4.78 is 5.40. The largest absolute Gasteiger partial charge is 0.381 e. The van der Waals surface area contributed by atoms with Gasteiger partial charge in [-0.15, -0.1) is 0 Å². The molecule has 1 amide bonds. The Bertz CT molecular complexity index is 423. The van der Waals surface area contributed by atoms with Gasteiger partial charge in [0.25, 0.3) is 5.91 Å². The molecule has 0 radical (unpaired) electrons. The monoisotopic (exact) mass is 247 g/mol. The zero-order valence-electron chi connectivity index (χ0n) is 10.5. The Hall–Kier alpha value is -1.49. The zero-order valence-corrected chi connectivity index (χ0v) is 10.5. The highest BCUT2D eigenvalue weighted by Crippen LogP contribution is 2.39. The summed E-state index contributed by atoms with van der Waals surface area (Å²) in [6.07, 6.45) is 5.74. The van der Waals surface area contributed by atoms with Gasteiger partial charge in [0.2, 0.25) is 5.82 Å². The predicted molar refractivity (Wildman–Crippen MR) is 64.9 cm³/mol. The summed E-state index contributed by atoms with van der Waals surface area (Å²) in [6.45, 7) is 1.64. The van der Waals surface area contributed by atoms with E-state index in [2.05, 4.69) is 9.97 Å². The van der Waals surface area contributed by atoms with E-state index < -0.39 is 0 Å². The normalized spacial score (nSPS) is 30.5. The van der Waals surface area contributed by atoms with Crippen LogP contribution in [0.2, 0.25) is 0 Å². The first-order chi connectivity index (χ1) is 8.78. The molecule has 0 bridgehead atoms. The first-order valence-electron chi connectivity index (χ1n) is 6.37. The van der Waals surface area contributed by atoms with Crippen molar-refractivity contribution in [2.75, 3.05) is 20.2 Å². The molecule has 0 aromatic carbocycles. The van der Waals surface area contributed by atoms with Crippen LogP contribution in [0.25, 0.3) is 0 Å². The maximum Gasteiger partial charge on any atom is 0.291 e. The summed E-state index contributed by atoms with van der Waals surface area (Å²) in [5.41, 5.74) is 0. The highest BCUT2D eigenvalue weighted by Gasteiger charge is 2.42. The second-order valence-corrected chi connectivity index (χ2v) is 5.13. The molecule has 2 aliphatic rings. The van der Waals surface area contributed by atoms with E-state index in [1.165, 1.54) is 0 Å². The summed E-state index contributed by atoms with van der Waals surface area (Å²) in [6, 6.07) is 1.72. The second-order valence-electron chi connectivity index (χ2n) is 5.13. The van der Waals surface area contributed by atoms with Gasteiger partial charge in [-0.3, -0.25) is 4.79 Å². The number of aromatic nitrogens is 2. The molecule has 0 N–H and O–H groups in total. The van der Waals surface area contributed by atoms with E-state index in [1.807, 2.05) is 4.90 Å². The van der Waals surface area contributed by atoms with Crippen LogP contribution in [0.15, 0.2) is 18.5 Å². The van der Waals surface area contributed by atoms with Crippen molar-refractivity contribution in [1.82, 2.24) is 14.9 Å². The molecule has 5 nitrogen and oxygen atoms in total. The lowest BCUT2D eigenvalue weighted by atomic mass is 10.0. The minimum Gasteiger partial charge on any atom is -0.381 e. The number of carbonyl (C=O) groups is 1. The van der Waals surface area contributed by atoms with Crippen LogP contribution in [0.4, 0.5) is 0 Å². The Morgan fingerprint density at radius 1 is 1.28 bits per heavy atom. The lowest BCUT2D eigenvalue weighted by molar-refractivity contribution is 0.0721. The van der Waals surface area contributed by atoms with Gasteiger partial charge >= 0.3 is 0 Å². The summed E-state index contributed by atoms with van der Waals surface area (Å²) in [7, 11) is 1.77. The fourth-order valence-corrected chi connectivity index (χ4v) is 3.15. The highest BCUT2D eigenvalue weighted by atomic mass is 16.5. The molecule has 1 saturated heterocycles. The Kier molecular flexibility index (Phi) is 2.99. The van der Waals surface area contributed by atoms with Gasteiger partial charge in [-0.05, 0) is 30.7 Å². The predicted octanol–water partition coefficient (Wildman–Crippen LogP) is 0.974. The molecule has 96 valence electrons. The Morgan fingerprint density at radius 3 is 2.44 bits per heavy atom. The van der Waals surface area contributed by atoms with E-state index in [9.17, 15) is 4.79 Å². The van der Waals surface area contributed by atoms with Crippen molar-refractivity contribution in [2.45, 2.75) is 18.9 Å². The van der Waals surface area contributed by atoms with Gasteiger partial charge in [0.05, 0.1) is 6.10 Å². The van der Waals surface area contributed by atoms with Crippen molar-refractivity contribution < 1.29 is 9.53 Å². The highest BCUT2D eigenvalue weighted by molar-refractivity contribution is 5.90. The smallest absolute Gasteiger partial charge is 0.291 e. The third-order valence-corrected chi connectivity index (χ3v) is 4.09. The molecule has 2 fully saturated rings. The summed E-state index contributed by atoms with van der Waals surface area (Å²) in [5.74, 6) is 1.44. The molecule has 1 aromatic rings. The van der Waals surface area contributed by atoms with Crippen LogP contribution in [0.3, 0.4) is 0 Å². The Balaban J connectivity index is 1.66. The van der Waals surface area contributed by atoms with Gasteiger partial charge < -0.3 is 9.64 Å². The van der Waals surface area contributed by atoms with Crippen molar-refractivity contribution in [3.05, 3.63) is 24.3 Å². The molecule has 1 aromatic heterocycles. The number of fused-ring (bicyclic) bond motifs is 1. The molecule has 3 rings (SSSR count). The van der Waals surface area contributed by atoms with Crippen molar-refractivity contribution in [3.8, 4) is 0 Å². The summed E-state index contributed by atoms with van der Waals surface area (Å²) in [5, 5.41) is 0. The van der Waals surface area contributed by atoms with Crippen LogP contribution in [-0.2, 0) is 4.74 Å². The number of methoxy groups -OCH3 is 1. The van der Waals surface area contributed by atoms with Crippen LogP contribution < -0.4 is 0 Å². The van der Waals surface area contributed by atoms with E-state index in [1.54, 1.807) is 25.6 Å². The minimum atomic E-state index is -0.0426. The van der Waals surface area contributed by atoms with Crippen LogP contribution in [0.5, 0.6) is 0 Å². The average molecular weight is 247 g/mol. The molecule has 1 saturated carbocycles. The maximum atomic E-state index is 12.2. The van der Waals surface area contributed by atoms with E-state index in [0.29, 0.717) is 23.8 Å². The topological polar surface area (TPSA) is 55.3 Å². The minimum absolute atomic E-state index is 0.0426. The van der Waals surface area contributed by atoms with Crippen molar-refractivity contribution in [3.63, 3.8) is 0 Å². The van der Waals surface area contributed by atoms with E-state index in [-0.39, 0.29) is 5.91 Å². The van der Waals surface area contributed by atoms with Crippen molar-refractivity contribution in [2.24, 2.45) is 11.8 Å². The van der Waals surface area contributed by atoms with Crippen LogP contribution in [-0.4, -0.2) is 47.1 Å². The summed E-state index contributed by atoms with van der Waals surface area (Å²) >= 11 is 0. The molecule has 3 atom stereocenters. The fourth-order valence-electron chi connectivity index (χ4n) is 3.15. The van der Waals surface area contributed by atoms with Crippen molar-refractivity contribution in [1.29, 1.82) is 0 Å². The lowest BCUT2D eigenvalue weighted by Gasteiger charge is -2.17. The summed E-state index contributed by atoms with van der Waals surface area (Å²) in [4.78, 5) is 22.1. The molecule has 18 heavy (non-hydrogen) atoms. The number of rotatable bonds is 2. The third-order valence-electron chi connectivity index (χ3n) is 4.09.